The van der Waals surface area contributed by atoms with Crippen molar-refractivity contribution in [2.24, 2.45) is 0 Å². The van der Waals surface area contributed by atoms with Crippen LogP contribution < -0.4 is 5.32 Å². The van der Waals surface area contributed by atoms with Gasteiger partial charge in [0.25, 0.3) is 6.43 Å². The number of rotatable bonds is 4. The van der Waals surface area contributed by atoms with E-state index in [2.05, 4.69) is 15.5 Å². The summed E-state index contributed by atoms with van der Waals surface area (Å²) in [6.07, 6.45) is -2.69. The first-order valence-corrected chi connectivity index (χ1v) is 4.77. The normalized spacial score (nSPS) is 11.8. The third-order valence-electron chi connectivity index (χ3n) is 1.58. The molecule has 1 aromatic rings. The molecule has 5 nitrogen and oxygen atoms in total. The Hall–Kier alpha value is -1.31. The quantitative estimate of drug-likeness (QED) is 0.834. The highest BCUT2D eigenvalue weighted by Crippen LogP contribution is 2.26. The SMILES string of the molecule is CC(C)(Nc1nnc(C(F)F)s1)C(=O)O. The molecule has 15 heavy (non-hydrogen) atoms. The average Bonchev–Trinajstić information content (AvgIpc) is 2.51. The summed E-state index contributed by atoms with van der Waals surface area (Å²) >= 11 is 0.639. The molecule has 0 spiro atoms. The van der Waals surface area contributed by atoms with Gasteiger partial charge in [-0.1, -0.05) is 11.3 Å². The second-order valence-electron chi connectivity index (χ2n) is 3.30. The molecule has 1 aromatic heterocycles. The summed E-state index contributed by atoms with van der Waals surface area (Å²) in [5.74, 6) is -1.10. The van der Waals surface area contributed by atoms with Crippen molar-refractivity contribution in [1.29, 1.82) is 0 Å². The summed E-state index contributed by atoms with van der Waals surface area (Å²) in [5.41, 5.74) is -1.26. The number of halogens is 2. The fraction of sp³-hybridized carbons (Fsp3) is 0.571. The van der Waals surface area contributed by atoms with Crippen LogP contribution in [0.15, 0.2) is 0 Å². The fourth-order valence-corrected chi connectivity index (χ4v) is 1.45. The molecule has 0 amide bonds. The standard InChI is InChI=1S/C7H9F2N3O2S/c1-7(2,5(13)14)10-6-12-11-4(15-6)3(8)9/h3H,1-2H3,(H,10,12)(H,13,14). The molecule has 0 atom stereocenters. The Balaban J connectivity index is 2.77. The summed E-state index contributed by atoms with van der Waals surface area (Å²) in [6, 6.07) is 0. The number of carboxylic acid groups (broad SMARTS) is 1. The van der Waals surface area contributed by atoms with Crippen LogP contribution in [0.3, 0.4) is 0 Å². The van der Waals surface area contributed by atoms with E-state index in [1.54, 1.807) is 0 Å². The van der Waals surface area contributed by atoms with E-state index in [9.17, 15) is 13.6 Å². The van der Waals surface area contributed by atoms with Crippen molar-refractivity contribution in [2.45, 2.75) is 25.8 Å². The maximum Gasteiger partial charge on any atom is 0.328 e. The summed E-state index contributed by atoms with van der Waals surface area (Å²) in [4.78, 5) is 10.7. The van der Waals surface area contributed by atoms with Gasteiger partial charge in [-0.15, -0.1) is 10.2 Å². The Morgan fingerprint density at radius 2 is 2.13 bits per heavy atom. The van der Waals surface area contributed by atoms with E-state index in [1.807, 2.05) is 0 Å². The van der Waals surface area contributed by atoms with Crippen molar-refractivity contribution in [2.75, 3.05) is 5.32 Å². The van der Waals surface area contributed by atoms with Gasteiger partial charge in [-0.05, 0) is 13.8 Å². The molecular weight excluding hydrogens is 228 g/mol. The van der Waals surface area contributed by atoms with Crippen molar-refractivity contribution in [3.8, 4) is 0 Å². The van der Waals surface area contributed by atoms with E-state index in [0.717, 1.165) is 0 Å². The second-order valence-corrected chi connectivity index (χ2v) is 4.31. The molecule has 2 N–H and O–H groups in total. The topological polar surface area (TPSA) is 75.1 Å². The van der Waals surface area contributed by atoms with E-state index in [-0.39, 0.29) is 5.13 Å². The number of nitrogens with one attached hydrogen (secondary N) is 1. The maximum absolute atomic E-state index is 12.1. The van der Waals surface area contributed by atoms with E-state index in [1.165, 1.54) is 13.8 Å². The van der Waals surface area contributed by atoms with Gasteiger partial charge < -0.3 is 10.4 Å². The molecule has 0 unspecified atom stereocenters. The van der Waals surface area contributed by atoms with Crippen molar-refractivity contribution >= 4 is 22.4 Å². The molecule has 1 heterocycles. The zero-order valence-corrected chi connectivity index (χ0v) is 8.81. The molecule has 0 saturated carbocycles. The minimum atomic E-state index is -2.69. The van der Waals surface area contributed by atoms with Crippen LogP contribution >= 0.6 is 11.3 Å². The van der Waals surface area contributed by atoms with Crippen LogP contribution in [0, 0.1) is 0 Å². The predicted octanol–water partition coefficient (Wildman–Crippen LogP) is 1.75. The highest BCUT2D eigenvalue weighted by molar-refractivity contribution is 7.15. The van der Waals surface area contributed by atoms with E-state index in [0.29, 0.717) is 11.3 Å². The fourth-order valence-electron chi connectivity index (χ4n) is 0.694. The van der Waals surface area contributed by atoms with Gasteiger partial charge in [0.15, 0.2) is 5.01 Å². The smallest absolute Gasteiger partial charge is 0.328 e. The number of carbonyl (C=O) groups is 1. The lowest BCUT2D eigenvalue weighted by molar-refractivity contribution is -0.141. The number of aliphatic carboxylic acids is 1. The monoisotopic (exact) mass is 237 g/mol. The molecule has 0 aliphatic rings. The van der Waals surface area contributed by atoms with Crippen LogP contribution in [0.1, 0.15) is 25.3 Å². The number of hydrogen-bond donors (Lipinski definition) is 2. The van der Waals surface area contributed by atoms with E-state index < -0.39 is 22.9 Å². The molecule has 8 heteroatoms. The van der Waals surface area contributed by atoms with Crippen LogP contribution in [0.5, 0.6) is 0 Å². The molecule has 0 bridgehead atoms. The largest absolute Gasteiger partial charge is 0.480 e. The van der Waals surface area contributed by atoms with Gasteiger partial charge in [0, 0.05) is 0 Å². The Kier molecular flexibility index (Phi) is 3.18. The molecule has 1 rings (SSSR count). The lowest BCUT2D eigenvalue weighted by Gasteiger charge is -2.19. The van der Waals surface area contributed by atoms with Crippen LogP contribution in [-0.4, -0.2) is 26.8 Å². The minimum Gasteiger partial charge on any atom is -0.480 e. The van der Waals surface area contributed by atoms with Gasteiger partial charge in [0.1, 0.15) is 5.54 Å². The lowest BCUT2D eigenvalue weighted by Crippen LogP contribution is -2.39. The summed E-state index contributed by atoms with van der Waals surface area (Å²) in [7, 11) is 0. The van der Waals surface area contributed by atoms with Crippen molar-refractivity contribution in [3.63, 3.8) is 0 Å². The van der Waals surface area contributed by atoms with Gasteiger partial charge in [0.2, 0.25) is 5.13 Å². The van der Waals surface area contributed by atoms with Gasteiger partial charge in [-0.25, -0.2) is 13.6 Å². The van der Waals surface area contributed by atoms with Gasteiger partial charge in [-0.3, -0.25) is 0 Å². The summed E-state index contributed by atoms with van der Waals surface area (Å²) < 4.78 is 24.3. The van der Waals surface area contributed by atoms with Crippen LogP contribution in [0.4, 0.5) is 13.9 Å². The second kappa shape index (κ2) is 4.05. The highest BCUT2D eigenvalue weighted by Gasteiger charge is 2.28. The first-order chi connectivity index (χ1) is 6.83. The Labute approximate surface area is 88.1 Å². The summed E-state index contributed by atoms with van der Waals surface area (Å²) in [5, 5.41) is 17.5. The molecular formula is C7H9F2N3O2S. The molecule has 84 valence electrons. The van der Waals surface area contributed by atoms with Crippen molar-refractivity contribution < 1.29 is 18.7 Å². The van der Waals surface area contributed by atoms with Crippen molar-refractivity contribution in [1.82, 2.24) is 10.2 Å². The third kappa shape index (κ3) is 2.82. The van der Waals surface area contributed by atoms with Crippen LogP contribution in [0.25, 0.3) is 0 Å². The molecule has 0 saturated heterocycles. The zero-order chi connectivity index (χ0) is 11.6. The van der Waals surface area contributed by atoms with E-state index >= 15 is 0 Å². The first-order valence-electron chi connectivity index (χ1n) is 3.96. The number of alkyl halides is 2. The van der Waals surface area contributed by atoms with Crippen LogP contribution in [-0.2, 0) is 4.79 Å². The highest BCUT2D eigenvalue weighted by atomic mass is 32.1. The number of aromatic nitrogens is 2. The molecule has 0 fully saturated rings. The molecule has 0 aliphatic heterocycles. The maximum atomic E-state index is 12.1. The minimum absolute atomic E-state index is 0.0673. The number of carboxylic acids is 1. The predicted molar refractivity (Wildman–Crippen MR) is 50.2 cm³/mol. The van der Waals surface area contributed by atoms with Crippen molar-refractivity contribution in [3.05, 3.63) is 5.01 Å². The lowest BCUT2D eigenvalue weighted by atomic mass is 10.1. The Morgan fingerprint density at radius 1 is 1.53 bits per heavy atom. The number of anilines is 1. The Morgan fingerprint density at radius 3 is 2.53 bits per heavy atom. The van der Waals surface area contributed by atoms with Gasteiger partial charge >= 0.3 is 5.97 Å². The summed E-state index contributed by atoms with van der Waals surface area (Å²) in [6.45, 7) is 2.80. The van der Waals surface area contributed by atoms with Crippen LogP contribution in [0.2, 0.25) is 0 Å². The third-order valence-corrected chi connectivity index (χ3v) is 2.43. The number of hydrogen-bond acceptors (Lipinski definition) is 5. The molecule has 0 aromatic carbocycles. The Bertz CT molecular complexity index is 367. The van der Waals surface area contributed by atoms with Gasteiger partial charge in [-0.2, -0.15) is 0 Å². The number of nitrogens with zero attached hydrogens (tertiary/aromatic N) is 2. The zero-order valence-electron chi connectivity index (χ0n) is 7.99. The molecule has 0 aliphatic carbocycles. The average molecular weight is 237 g/mol. The first kappa shape index (κ1) is 11.8. The molecule has 0 radical (unpaired) electrons. The van der Waals surface area contributed by atoms with E-state index in [4.69, 9.17) is 5.11 Å². The van der Waals surface area contributed by atoms with Gasteiger partial charge in [0.05, 0.1) is 0 Å².